The molecule has 1 saturated heterocycles. The monoisotopic (exact) mass is 195 g/mol. The summed E-state index contributed by atoms with van der Waals surface area (Å²) in [5.41, 5.74) is 0. The van der Waals surface area contributed by atoms with E-state index in [2.05, 4.69) is 17.5 Å². The van der Waals surface area contributed by atoms with Gasteiger partial charge < -0.3 is 10.1 Å². The van der Waals surface area contributed by atoms with Crippen molar-refractivity contribution < 1.29 is 4.74 Å². The second-order valence-electron chi connectivity index (χ2n) is 4.44. The standard InChI is InChI=1S/C12H21NO/c1-2-5-11(6-3-1)9-13-10-12-7-4-8-14-12/h1-2,11-13H,3-10H2/t11-,12+/m1/s1. The Bertz CT molecular complexity index is 185. The summed E-state index contributed by atoms with van der Waals surface area (Å²) in [6.07, 6.45) is 11.5. The molecule has 0 aromatic heterocycles. The molecule has 0 bridgehead atoms. The van der Waals surface area contributed by atoms with Crippen LogP contribution >= 0.6 is 0 Å². The number of allylic oxidation sites excluding steroid dienone is 2. The highest BCUT2D eigenvalue weighted by molar-refractivity contribution is 4.90. The van der Waals surface area contributed by atoms with E-state index < -0.39 is 0 Å². The fourth-order valence-electron chi connectivity index (χ4n) is 2.30. The molecule has 0 saturated carbocycles. The number of nitrogens with one attached hydrogen (secondary N) is 1. The lowest BCUT2D eigenvalue weighted by Crippen LogP contribution is -2.30. The SMILES string of the molecule is C1=CC[C@@H](CNC[C@@H]2CCCO2)CC1. The van der Waals surface area contributed by atoms with Crippen LogP contribution in [0.25, 0.3) is 0 Å². The van der Waals surface area contributed by atoms with Gasteiger partial charge in [0.1, 0.15) is 0 Å². The molecule has 0 spiro atoms. The van der Waals surface area contributed by atoms with Crippen molar-refractivity contribution in [3.63, 3.8) is 0 Å². The molecule has 1 N–H and O–H groups in total. The van der Waals surface area contributed by atoms with Crippen LogP contribution in [-0.2, 0) is 4.74 Å². The van der Waals surface area contributed by atoms with Crippen molar-refractivity contribution in [1.82, 2.24) is 5.32 Å². The minimum atomic E-state index is 0.495. The van der Waals surface area contributed by atoms with Gasteiger partial charge in [-0.25, -0.2) is 0 Å². The molecule has 2 heteroatoms. The van der Waals surface area contributed by atoms with Crippen molar-refractivity contribution in [2.75, 3.05) is 19.7 Å². The smallest absolute Gasteiger partial charge is 0.0700 e. The predicted octanol–water partition coefficient (Wildman–Crippen LogP) is 2.11. The lowest BCUT2D eigenvalue weighted by Gasteiger charge is -2.19. The minimum absolute atomic E-state index is 0.495. The van der Waals surface area contributed by atoms with E-state index >= 15 is 0 Å². The first-order valence-corrected chi connectivity index (χ1v) is 5.92. The van der Waals surface area contributed by atoms with E-state index in [1.165, 1.54) is 38.6 Å². The first-order chi connectivity index (χ1) is 6.95. The maximum absolute atomic E-state index is 5.57. The molecular weight excluding hydrogens is 174 g/mol. The maximum atomic E-state index is 5.57. The zero-order chi connectivity index (χ0) is 9.64. The Labute approximate surface area is 86.7 Å². The van der Waals surface area contributed by atoms with Crippen molar-refractivity contribution >= 4 is 0 Å². The van der Waals surface area contributed by atoms with Crippen molar-refractivity contribution in [3.05, 3.63) is 12.2 Å². The lowest BCUT2D eigenvalue weighted by atomic mass is 9.94. The zero-order valence-electron chi connectivity index (χ0n) is 8.87. The summed E-state index contributed by atoms with van der Waals surface area (Å²) < 4.78 is 5.57. The first kappa shape index (κ1) is 10.2. The summed E-state index contributed by atoms with van der Waals surface area (Å²) in [7, 11) is 0. The molecule has 0 unspecified atom stereocenters. The van der Waals surface area contributed by atoms with Crippen LogP contribution in [0.1, 0.15) is 32.1 Å². The van der Waals surface area contributed by atoms with Crippen molar-refractivity contribution in [2.24, 2.45) is 5.92 Å². The zero-order valence-corrected chi connectivity index (χ0v) is 8.87. The van der Waals surface area contributed by atoms with E-state index in [1.807, 2.05) is 0 Å². The molecular formula is C12H21NO. The predicted molar refractivity (Wildman–Crippen MR) is 58.3 cm³/mol. The second kappa shape index (κ2) is 5.52. The fraction of sp³-hybridized carbons (Fsp3) is 0.833. The molecule has 0 aromatic rings. The molecule has 14 heavy (non-hydrogen) atoms. The van der Waals surface area contributed by atoms with E-state index in [0.717, 1.165) is 19.1 Å². The number of ether oxygens (including phenoxy) is 1. The van der Waals surface area contributed by atoms with Crippen LogP contribution in [0.2, 0.25) is 0 Å². The summed E-state index contributed by atoms with van der Waals surface area (Å²) in [6, 6.07) is 0. The van der Waals surface area contributed by atoms with Crippen LogP contribution in [0.15, 0.2) is 12.2 Å². The summed E-state index contributed by atoms with van der Waals surface area (Å²) in [6.45, 7) is 3.20. The highest BCUT2D eigenvalue weighted by Crippen LogP contribution is 2.17. The normalized spacial score (nSPS) is 32.3. The van der Waals surface area contributed by atoms with Crippen molar-refractivity contribution in [2.45, 2.75) is 38.2 Å². The second-order valence-corrected chi connectivity index (χ2v) is 4.44. The Morgan fingerprint density at radius 2 is 2.21 bits per heavy atom. The molecule has 0 aromatic carbocycles. The molecule has 1 aliphatic heterocycles. The third kappa shape index (κ3) is 3.10. The molecule has 2 rings (SSSR count). The highest BCUT2D eigenvalue weighted by atomic mass is 16.5. The van der Waals surface area contributed by atoms with Gasteiger partial charge in [0.2, 0.25) is 0 Å². The Hall–Kier alpha value is -0.340. The molecule has 80 valence electrons. The molecule has 2 atom stereocenters. The van der Waals surface area contributed by atoms with Crippen molar-refractivity contribution in [1.29, 1.82) is 0 Å². The summed E-state index contributed by atoms with van der Waals surface area (Å²) in [5.74, 6) is 0.862. The summed E-state index contributed by atoms with van der Waals surface area (Å²) in [4.78, 5) is 0. The van der Waals surface area contributed by atoms with E-state index in [1.54, 1.807) is 0 Å². The van der Waals surface area contributed by atoms with Gasteiger partial charge >= 0.3 is 0 Å². The van der Waals surface area contributed by atoms with E-state index in [9.17, 15) is 0 Å². The van der Waals surface area contributed by atoms with Crippen LogP contribution in [0.3, 0.4) is 0 Å². The maximum Gasteiger partial charge on any atom is 0.0700 e. The molecule has 0 amide bonds. The van der Waals surface area contributed by atoms with Gasteiger partial charge in [-0.3, -0.25) is 0 Å². The molecule has 1 heterocycles. The minimum Gasteiger partial charge on any atom is -0.377 e. The average molecular weight is 195 g/mol. The van der Waals surface area contributed by atoms with Gasteiger partial charge in [-0.2, -0.15) is 0 Å². The Kier molecular flexibility index (Phi) is 4.02. The molecule has 0 radical (unpaired) electrons. The average Bonchev–Trinajstić information content (AvgIpc) is 2.72. The molecule has 1 fully saturated rings. The molecule has 2 aliphatic rings. The summed E-state index contributed by atoms with van der Waals surface area (Å²) in [5, 5.41) is 3.54. The van der Waals surface area contributed by atoms with Crippen LogP contribution in [-0.4, -0.2) is 25.8 Å². The summed E-state index contributed by atoms with van der Waals surface area (Å²) >= 11 is 0. The molecule has 2 nitrogen and oxygen atoms in total. The van der Waals surface area contributed by atoms with Gasteiger partial charge in [-0.15, -0.1) is 0 Å². The van der Waals surface area contributed by atoms with Gasteiger partial charge in [0.15, 0.2) is 0 Å². The Balaban J connectivity index is 1.55. The van der Waals surface area contributed by atoms with Gasteiger partial charge in [0.25, 0.3) is 0 Å². The third-order valence-electron chi connectivity index (χ3n) is 3.21. The highest BCUT2D eigenvalue weighted by Gasteiger charge is 2.15. The Morgan fingerprint density at radius 1 is 1.21 bits per heavy atom. The van der Waals surface area contributed by atoms with Gasteiger partial charge in [0, 0.05) is 13.2 Å². The van der Waals surface area contributed by atoms with Crippen LogP contribution < -0.4 is 5.32 Å². The van der Waals surface area contributed by atoms with E-state index in [4.69, 9.17) is 4.74 Å². The van der Waals surface area contributed by atoms with Gasteiger partial charge in [-0.05, 0) is 44.6 Å². The molecule has 1 aliphatic carbocycles. The van der Waals surface area contributed by atoms with E-state index in [-0.39, 0.29) is 0 Å². The third-order valence-corrected chi connectivity index (χ3v) is 3.21. The van der Waals surface area contributed by atoms with E-state index in [0.29, 0.717) is 6.10 Å². The largest absolute Gasteiger partial charge is 0.377 e. The fourth-order valence-corrected chi connectivity index (χ4v) is 2.30. The number of hydrogen-bond donors (Lipinski definition) is 1. The van der Waals surface area contributed by atoms with Gasteiger partial charge in [0.05, 0.1) is 6.10 Å². The number of rotatable bonds is 4. The van der Waals surface area contributed by atoms with Crippen LogP contribution in [0, 0.1) is 5.92 Å². The first-order valence-electron chi connectivity index (χ1n) is 5.92. The Morgan fingerprint density at radius 3 is 2.93 bits per heavy atom. The number of hydrogen-bond acceptors (Lipinski definition) is 2. The lowest BCUT2D eigenvalue weighted by molar-refractivity contribution is 0.109. The van der Waals surface area contributed by atoms with Crippen LogP contribution in [0.5, 0.6) is 0 Å². The van der Waals surface area contributed by atoms with Crippen LogP contribution in [0.4, 0.5) is 0 Å². The van der Waals surface area contributed by atoms with Crippen molar-refractivity contribution in [3.8, 4) is 0 Å². The quantitative estimate of drug-likeness (QED) is 0.694. The van der Waals surface area contributed by atoms with Gasteiger partial charge in [-0.1, -0.05) is 12.2 Å². The topological polar surface area (TPSA) is 21.3 Å².